The van der Waals surface area contributed by atoms with Gasteiger partial charge in [-0.1, -0.05) is 11.6 Å². The molecule has 0 amide bonds. The van der Waals surface area contributed by atoms with Crippen LogP contribution in [0.5, 0.6) is 0 Å². The second kappa shape index (κ2) is 6.16. The third-order valence-corrected chi connectivity index (χ3v) is 5.37. The quantitative estimate of drug-likeness (QED) is 0.715. The summed E-state index contributed by atoms with van der Waals surface area (Å²) in [6.45, 7) is 4.89. The molecule has 7 nitrogen and oxygen atoms in total. The van der Waals surface area contributed by atoms with Gasteiger partial charge in [0, 0.05) is 18.3 Å². The van der Waals surface area contributed by atoms with Crippen LogP contribution in [0.3, 0.4) is 0 Å². The van der Waals surface area contributed by atoms with Gasteiger partial charge in [-0.25, -0.2) is 12.8 Å². The van der Waals surface area contributed by atoms with Crippen molar-refractivity contribution in [2.45, 2.75) is 25.7 Å². The first-order chi connectivity index (χ1) is 11.7. The number of hydrogen-bond donors (Lipinski definition) is 2. The normalized spacial score (nSPS) is 11.7. The second-order valence-corrected chi connectivity index (χ2v) is 7.46. The van der Waals surface area contributed by atoms with Crippen LogP contribution in [0.1, 0.15) is 17.3 Å². The van der Waals surface area contributed by atoms with Gasteiger partial charge < -0.3 is 9.40 Å². The molecule has 0 bridgehead atoms. The largest absolute Gasteiger partial charge is 0.421 e. The molecule has 2 heterocycles. The van der Waals surface area contributed by atoms with Crippen LogP contribution in [0, 0.1) is 26.6 Å². The SMILES string of the molecule is Cc1nnc(-c2c(C)[nH]c(C)c2S(=O)(=O)Nc2cc(F)ccc2Cl)o1. The molecule has 1 aromatic carbocycles. The van der Waals surface area contributed by atoms with E-state index in [0.29, 0.717) is 17.3 Å². The molecule has 25 heavy (non-hydrogen) atoms. The van der Waals surface area contributed by atoms with Crippen LogP contribution in [-0.2, 0) is 10.0 Å². The van der Waals surface area contributed by atoms with Crippen LogP contribution in [0.25, 0.3) is 11.5 Å². The Balaban J connectivity index is 2.13. The monoisotopic (exact) mass is 384 g/mol. The van der Waals surface area contributed by atoms with Crippen LogP contribution in [-0.4, -0.2) is 23.6 Å². The van der Waals surface area contributed by atoms with Crippen molar-refractivity contribution in [3.63, 3.8) is 0 Å². The number of sulfonamides is 1. The molecule has 0 aliphatic rings. The van der Waals surface area contributed by atoms with Crippen LogP contribution in [0.15, 0.2) is 27.5 Å². The Morgan fingerprint density at radius 2 is 1.92 bits per heavy atom. The number of aromatic nitrogens is 3. The Hall–Kier alpha value is -2.39. The minimum absolute atomic E-state index is 0.0611. The van der Waals surface area contributed by atoms with Gasteiger partial charge in [-0.3, -0.25) is 4.72 Å². The highest BCUT2D eigenvalue weighted by Gasteiger charge is 2.29. The number of anilines is 1. The Bertz CT molecular complexity index is 1060. The smallest absolute Gasteiger partial charge is 0.264 e. The molecule has 2 aromatic heterocycles. The fourth-order valence-corrected chi connectivity index (χ4v) is 4.27. The van der Waals surface area contributed by atoms with Crippen molar-refractivity contribution >= 4 is 27.3 Å². The minimum Gasteiger partial charge on any atom is -0.421 e. The number of halogens is 2. The molecule has 3 rings (SSSR count). The fourth-order valence-electron chi connectivity index (χ4n) is 2.52. The average Bonchev–Trinajstić information content (AvgIpc) is 3.05. The molecular weight excluding hydrogens is 371 g/mol. The van der Waals surface area contributed by atoms with Gasteiger partial charge in [-0.2, -0.15) is 0 Å². The number of nitrogens with zero attached hydrogens (tertiary/aromatic N) is 2. The highest BCUT2D eigenvalue weighted by atomic mass is 35.5. The first kappa shape index (κ1) is 17.4. The zero-order valence-corrected chi connectivity index (χ0v) is 15.1. The molecule has 2 N–H and O–H groups in total. The number of rotatable bonds is 4. The molecule has 0 saturated carbocycles. The fraction of sp³-hybridized carbons (Fsp3) is 0.200. The third kappa shape index (κ3) is 3.24. The predicted octanol–water partition coefficient (Wildman–Crippen LogP) is 3.58. The Labute approximate surface area is 148 Å². The predicted molar refractivity (Wildman–Crippen MR) is 90.5 cm³/mol. The standard InChI is InChI=1S/C15H14ClFN4O3S/c1-7-13(15-20-19-9(3)24-15)14(8(2)18-7)25(22,23)21-12-6-10(17)4-5-11(12)16/h4-6,18,21H,1-3H3. The van der Waals surface area contributed by atoms with Crippen molar-refractivity contribution in [2.75, 3.05) is 4.72 Å². The number of benzene rings is 1. The molecule has 0 fully saturated rings. The summed E-state index contributed by atoms with van der Waals surface area (Å²) in [4.78, 5) is 2.89. The van der Waals surface area contributed by atoms with Crippen LogP contribution >= 0.6 is 11.6 Å². The summed E-state index contributed by atoms with van der Waals surface area (Å²) in [7, 11) is -4.09. The molecule has 0 spiro atoms. The van der Waals surface area contributed by atoms with E-state index in [-0.39, 0.29) is 27.1 Å². The van der Waals surface area contributed by atoms with Gasteiger partial charge in [0.25, 0.3) is 15.9 Å². The third-order valence-electron chi connectivity index (χ3n) is 3.50. The van der Waals surface area contributed by atoms with Crippen LogP contribution < -0.4 is 4.72 Å². The molecule has 0 aliphatic carbocycles. The van der Waals surface area contributed by atoms with E-state index in [0.717, 1.165) is 12.1 Å². The number of aryl methyl sites for hydroxylation is 3. The maximum atomic E-state index is 13.4. The van der Waals surface area contributed by atoms with E-state index in [1.807, 2.05) is 0 Å². The first-order valence-electron chi connectivity index (χ1n) is 7.16. The van der Waals surface area contributed by atoms with Gasteiger partial charge in [0.2, 0.25) is 5.89 Å². The van der Waals surface area contributed by atoms with Crippen molar-refractivity contribution in [3.05, 3.63) is 46.3 Å². The molecule has 132 valence electrons. The van der Waals surface area contributed by atoms with E-state index >= 15 is 0 Å². The number of hydrogen-bond acceptors (Lipinski definition) is 5. The van der Waals surface area contributed by atoms with Crippen molar-refractivity contribution < 1.29 is 17.2 Å². The summed E-state index contributed by atoms with van der Waals surface area (Å²) in [5.41, 5.74) is 1.13. The molecule has 0 saturated heterocycles. The lowest BCUT2D eigenvalue weighted by Crippen LogP contribution is -2.15. The average molecular weight is 385 g/mol. The summed E-state index contributed by atoms with van der Waals surface area (Å²) < 4.78 is 46.9. The lowest BCUT2D eigenvalue weighted by molar-refractivity contribution is 0.531. The van der Waals surface area contributed by atoms with E-state index in [9.17, 15) is 12.8 Å². The summed E-state index contributed by atoms with van der Waals surface area (Å²) in [5, 5.41) is 7.69. The number of nitrogens with one attached hydrogen (secondary N) is 2. The molecule has 10 heteroatoms. The second-order valence-electron chi connectivity index (χ2n) is 5.44. The zero-order chi connectivity index (χ0) is 18.4. The molecule has 3 aromatic rings. The summed E-state index contributed by atoms with van der Waals surface area (Å²) in [6.07, 6.45) is 0. The van der Waals surface area contributed by atoms with Crippen molar-refractivity contribution in [3.8, 4) is 11.5 Å². The van der Waals surface area contributed by atoms with Crippen LogP contribution in [0.2, 0.25) is 5.02 Å². The Morgan fingerprint density at radius 1 is 1.20 bits per heavy atom. The maximum Gasteiger partial charge on any atom is 0.264 e. The van der Waals surface area contributed by atoms with Gasteiger partial charge in [0.15, 0.2) is 0 Å². The number of aromatic amines is 1. The van der Waals surface area contributed by atoms with Gasteiger partial charge in [-0.15, -0.1) is 10.2 Å². The van der Waals surface area contributed by atoms with Gasteiger partial charge >= 0.3 is 0 Å². The summed E-state index contributed by atoms with van der Waals surface area (Å²) in [6, 6.07) is 3.41. The van der Waals surface area contributed by atoms with Crippen molar-refractivity contribution in [2.24, 2.45) is 0 Å². The van der Waals surface area contributed by atoms with E-state index < -0.39 is 15.8 Å². The van der Waals surface area contributed by atoms with E-state index in [4.69, 9.17) is 16.0 Å². The zero-order valence-electron chi connectivity index (χ0n) is 13.5. The Kier molecular flexibility index (Phi) is 4.29. The molecule has 0 aliphatic heterocycles. The first-order valence-corrected chi connectivity index (χ1v) is 9.02. The minimum atomic E-state index is -4.09. The topological polar surface area (TPSA) is 101 Å². The van der Waals surface area contributed by atoms with Gasteiger partial charge in [-0.05, 0) is 32.0 Å². The van der Waals surface area contributed by atoms with Crippen molar-refractivity contribution in [1.29, 1.82) is 0 Å². The summed E-state index contributed by atoms with van der Waals surface area (Å²) >= 11 is 5.95. The summed E-state index contributed by atoms with van der Waals surface area (Å²) in [5.74, 6) is -0.236. The van der Waals surface area contributed by atoms with Crippen molar-refractivity contribution in [1.82, 2.24) is 15.2 Å². The highest BCUT2D eigenvalue weighted by molar-refractivity contribution is 7.93. The highest BCUT2D eigenvalue weighted by Crippen LogP contribution is 2.34. The molecule has 0 atom stereocenters. The van der Waals surface area contributed by atoms with Gasteiger partial charge in [0.05, 0.1) is 16.3 Å². The molecule has 0 unspecified atom stereocenters. The molecule has 0 radical (unpaired) electrons. The van der Waals surface area contributed by atoms with Crippen LogP contribution in [0.4, 0.5) is 10.1 Å². The number of H-pyrrole nitrogens is 1. The molecular formula is C15H14ClFN4O3S. The maximum absolute atomic E-state index is 13.4. The lowest BCUT2D eigenvalue weighted by atomic mass is 10.2. The van der Waals surface area contributed by atoms with Gasteiger partial charge in [0.1, 0.15) is 10.7 Å². The van der Waals surface area contributed by atoms with E-state index in [1.54, 1.807) is 20.8 Å². The Morgan fingerprint density at radius 3 is 2.56 bits per heavy atom. The van der Waals surface area contributed by atoms with E-state index in [2.05, 4.69) is 19.9 Å². The lowest BCUT2D eigenvalue weighted by Gasteiger charge is -2.10. The van der Waals surface area contributed by atoms with E-state index in [1.165, 1.54) is 6.07 Å².